The zero-order chi connectivity index (χ0) is 20.4. The summed E-state index contributed by atoms with van der Waals surface area (Å²) in [4.78, 5) is 15.3. The maximum atomic E-state index is 10.3. The van der Waals surface area contributed by atoms with Crippen molar-refractivity contribution in [1.29, 1.82) is 0 Å². The number of likely N-dealkylation sites (N-methyl/N-ethyl adjacent to an activating group) is 1. The summed E-state index contributed by atoms with van der Waals surface area (Å²) in [6, 6.07) is 10.3. The van der Waals surface area contributed by atoms with Gasteiger partial charge in [-0.3, -0.25) is 4.57 Å². The first-order valence-corrected chi connectivity index (χ1v) is 9.60. The second-order valence-corrected chi connectivity index (χ2v) is 7.35. The van der Waals surface area contributed by atoms with E-state index in [9.17, 15) is 15.3 Å². The smallest absolute Gasteiger partial charge is 0.165 e. The van der Waals surface area contributed by atoms with Crippen molar-refractivity contribution in [3.05, 3.63) is 54.2 Å². The van der Waals surface area contributed by atoms with Crippen LogP contribution in [0.25, 0.3) is 11.2 Å². The van der Waals surface area contributed by atoms with Crippen molar-refractivity contribution in [2.75, 3.05) is 20.2 Å². The number of aliphatic hydroxyl groups excluding tert-OH is 3. The lowest BCUT2D eigenvalue weighted by atomic mass is 10.1. The lowest BCUT2D eigenvalue weighted by Gasteiger charge is -2.17. The van der Waals surface area contributed by atoms with E-state index in [1.807, 2.05) is 18.2 Å². The summed E-state index contributed by atoms with van der Waals surface area (Å²) in [6.07, 6.45) is -0.382. The van der Waals surface area contributed by atoms with Crippen LogP contribution < -0.4 is 0 Å². The minimum absolute atomic E-state index is 0.380. The Kier molecular flexibility index (Phi) is 5.84. The highest BCUT2D eigenvalue weighted by Crippen LogP contribution is 2.31. The highest BCUT2D eigenvalue weighted by atomic mass is 16.6. The highest BCUT2D eigenvalue weighted by Gasteiger charge is 2.44. The van der Waals surface area contributed by atoms with Gasteiger partial charge in [0.1, 0.15) is 30.2 Å². The van der Waals surface area contributed by atoms with Crippen LogP contribution in [0.5, 0.6) is 0 Å². The largest absolute Gasteiger partial charge is 0.394 e. The Morgan fingerprint density at radius 1 is 1.10 bits per heavy atom. The average molecular weight is 399 g/mol. The van der Waals surface area contributed by atoms with E-state index in [0.29, 0.717) is 17.6 Å². The zero-order valence-electron chi connectivity index (χ0n) is 16.2. The Morgan fingerprint density at radius 3 is 2.62 bits per heavy atom. The van der Waals surface area contributed by atoms with Crippen molar-refractivity contribution in [2.24, 2.45) is 0 Å². The van der Waals surface area contributed by atoms with E-state index in [0.717, 1.165) is 18.8 Å². The number of aromatic nitrogens is 4. The Morgan fingerprint density at radius 2 is 1.90 bits per heavy atom. The molecular formula is C20H25N5O4. The number of nitrogens with zero attached hydrogens (tertiary/aromatic N) is 5. The van der Waals surface area contributed by atoms with Crippen LogP contribution in [0.15, 0.2) is 43.0 Å². The van der Waals surface area contributed by atoms with Gasteiger partial charge in [-0.05, 0) is 12.6 Å². The molecular weight excluding hydrogens is 374 g/mol. The molecule has 4 rings (SSSR count). The van der Waals surface area contributed by atoms with Crippen LogP contribution in [0.3, 0.4) is 0 Å². The quantitative estimate of drug-likeness (QED) is 0.513. The molecule has 29 heavy (non-hydrogen) atoms. The normalized spacial score (nSPS) is 24.6. The zero-order valence-corrected chi connectivity index (χ0v) is 16.2. The molecule has 3 aromatic rings. The van der Waals surface area contributed by atoms with Gasteiger partial charge in [-0.2, -0.15) is 0 Å². The molecule has 0 saturated carbocycles. The third-order valence-electron chi connectivity index (χ3n) is 5.25. The fourth-order valence-electron chi connectivity index (χ4n) is 3.65. The summed E-state index contributed by atoms with van der Waals surface area (Å²) >= 11 is 0. The van der Waals surface area contributed by atoms with E-state index >= 15 is 0 Å². The van der Waals surface area contributed by atoms with Gasteiger partial charge < -0.3 is 25.0 Å². The summed E-state index contributed by atoms with van der Waals surface area (Å²) in [5, 5.41) is 29.6. The maximum absolute atomic E-state index is 10.3. The van der Waals surface area contributed by atoms with Crippen LogP contribution in [0, 0.1) is 0 Å². The molecule has 1 aliphatic rings. The molecule has 4 atom stereocenters. The number of aliphatic hydroxyl groups is 3. The molecule has 1 fully saturated rings. The topological polar surface area (TPSA) is 117 Å². The van der Waals surface area contributed by atoms with Crippen LogP contribution in [-0.2, 0) is 17.7 Å². The predicted molar refractivity (Wildman–Crippen MR) is 105 cm³/mol. The fraction of sp³-hybridized carbons (Fsp3) is 0.450. The molecule has 0 aliphatic carbocycles. The van der Waals surface area contributed by atoms with Gasteiger partial charge in [-0.25, -0.2) is 15.0 Å². The molecule has 3 N–H and O–H groups in total. The number of benzene rings is 1. The van der Waals surface area contributed by atoms with E-state index in [-0.39, 0.29) is 6.61 Å². The van der Waals surface area contributed by atoms with E-state index in [1.54, 1.807) is 4.57 Å². The van der Waals surface area contributed by atoms with E-state index < -0.39 is 24.5 Å². The molecule has 9 heteroatoms. The number of fused-ring (bicyclic) bond motifs is 1. The van der Waals surface area contributed by atoms with Gasteiger partial charge in [0, 0.05) is 19.5 Å². The molecule has 1 aliphatic heterocycles. The standard InChI is InChI=1S/C20H25N5O4/c1-24(9-13-5-3-2-4-6-13)8-7-14-16-19(22-11-21-14)25(12-23-16)20-18(28)17(27)15(10-26)29-20/h2-6,11-12,15,17-18,20,26-28H,7-10H2,1H3/t15-,17-,18-,20-/m1/s1. The number of ether oxygens (including phenoxy) is 1. The summed E-state index contributed by atoms with van der Waals surface area (Å²) in [7, 11) is 2.06. The van der Waals surface area contributed by atoms with E-state index in [2.05, 4.69) is 39.0 Å². The Bertz CT molecular complexity index is 950. The first-order valence-electron chi connectivity index (χ1n) is 9.60. The van der Waals surface area contributed by atoms with Gasteiger partial charge in [0.2, 0.25) is 0 Å². The van der Waals surface area contributed by atoms with Gasteiger partial charge >= 0.3 is 0 Å². The van der Waals surface area contributed by atoms with Crippen LogP contribution >= 0.6 is 0 Å². The van der Waals surface area contributed by atoms with E-state index in [1.165, 1.54) is 18.2 Å². The third kappa shape index (κ3) is 4.00. The first kappa shape index (κ1) is 19.9. The molecule has 2 aromatic heterocycles. The minimum atomic E-state index is -1.18. The van der Waals surface area contributed by atoms with Gasteiger partial charge in [0.25, 0.3) is 0 Å². The molecule has 154 valence electrons. The van der Waals surface area contributed by atoms with Crippen molar-refractivity contribution >= 4 is 11.2 Å². The molecule has 1 aromatic carbocycles. The third-order valence-corrected chi connectivity index (χ3v) is 5.25. The van der Waals surface area contributed by atoms with Gasteiger partial charge in [0.15, 0.2) is 11.9 Å². The second-order valence-electron chi connectivity index (χ2n) is 7.35. The van der Waals surface area contributed by atoms with Crippen LogP contribution in [0.1, 0.15) is 17.5 Å². The molecule has 3 heterocycles. The number of hydrogen-bond donors (Lipinski definition) is 3. The molecule has 1 saturated heterocycles. The lowest BCUT2D eigenvalue weighted by Crippen LogP contribution is -2.33. The second kappa shape index (κ2) is 8.52. The maximum Gasteiger partial charge on any atom is 0.165 e. The summed E-state index contributed by atoms with van der Waals surface area (Å²) in [5.41, 5.74) is 3.21. The van der Waals surface area contributed by atoms with E-state index in [4.69, 9.17) is 4.74 Å². The van der Waals surface area contributed by atoms with Crippen molar-refractivity contribution in [3.8, 4) is 0 Å². The van der Waals surface area contributed by atoms with Gasteiger partial charge in [-0.1, -0.05) is 30.3 Å². The minimum Gasteiger partial charge on any atom is -0.394 e. The molecule has 9 nitrogen and oxygen atoms in total. The highest BCUT2D eigenvalue weighted by molar-refractivity contribution is 5.73. The monoisotopic (exact) mass is 399 g/mol. The number of imidazole rings is 1. The Hall–Kier alpha value is -2.43. The summed E-state index contributed by atoms with van der Waals surface area (Å²) in [5.74, 6) is 0. The molecule has 0 radical (unpaired) electrons. The summed E-state index contributed by atoms with van der Waals surface area (Å²) in [6.45, 7) is 1.25. The predicted octanol–water partition coefficient (Wildman–Crippen LogP) is 0.112. The van der Waals surface area contributed by atoms with Crippen molar-refractivity contribution in [3.63, 3.8) is 0 Å². The van der Waals surface area contributed by atoms with Crippen LogP contribution in [-0.4, -0.2) is 78.2 Å². The fourth-order valence-corrected chi connectivity index (χ4v) is 3.65. The van der Waals surface area contributed by atoms with Crippen LogP contribution in [0.4, 0.5) is 0 Å². The summed E-state index contributed by atoms with van der Waals surface area (Å²) < 4.78 is 7.18. The first-order chi connectivity index (χ1) is 14.1. The molecule has 0 spiro atoms. The van der Waals surface area contributed by atoms with Crippen molar-refractivity contribution < 1.29 is 20.1 Å². The lowest BCUT2D eigenvalue weighted by molar-refractivity contribution is -0.0511. The van der Waals surface area contributed by atoms with Crippen LogP contribution in [0.2, 0.25) is 0 Å². The van der Waals surface area contributed by atoms with Crippen molar-refractivity contribution in [2.45, 2.75) is 37.5 Å². The SMILES string of the molecule is CN(CCc1ncnc2c1ncn2[C@@H]1O[C@H](CO)[C@@H](O)[C@H]1O)Cc1ccccc1. The van der Waals surface area contributed by atoms with Gasteiger partial charge in [-0.15, -0.1) is 0 Å². The van der Waals surface area contributed by atoms with Crippen molar-refractivity contribution in [1.82, 2.24) is 24.4 Å². The molecule has 0 amide bonds. The number of rotatable bonds is 7. The molecule has 0 bridgehead atoms. The Balaban J connectivity index is 1.49. The average Bonchev–Trinajstić information content (AvgIpc) is 3.29. The van der Waals surface area contributed by atoms with Gasteiger partial charge in [0.05, 0.1) is 18.6 Å². The molecule has 0 unspecified atom stereocenters. The Labute approximate surface area is 168 Å². The number of hydrogen-bond acceptors (Lipinski definition) is 8.